The molecule has 2 aromatic heterocycles. The van der Waals surface area contributed by atoms with Crippen molar-refractivity contribution in [2.75, 3.05) is 0 Å². The van der Waals surface area contributed by atoms with Crippen molar-refractivity contribution in [1.29, 1.82) is 0 Å². The summed E-state index contributed by atoms with van der Waals surface area (Å²) in [4.78, 5) is 20.9. The Morgan fingerprint density at radius 2 is 1.92 bits per heavy atom. The van der Waals surface area contributed by atoms with E-state index in [1.165, 1.54) is 23.9 Å². The van der Waals surface area contributed by atoms with Gasteiger partial charge in [-0.3, -0.25) is 4.79 Å². The average Bonchev–Trinajstić information content (AvgIpc) is 3.06. The predicted octanol–water partition coefficient (Wildman–Crippen LogP) is 4.05. The maximum atomic E-state index is 13.1. The highest BCUT2D eigenvalue weighted by atomic mass is 32.2. The summed E-state index contributed by atoms with van der Waals surface area (Å²) in [5, 5.41) is 3.39. The molecule has 134 valence electrons. The van der Waals surface area contributed by atoms with Crippen LogP contribution < -0.4 is 5.32 Å². The minimum absolute atomic E-state index is 0.221. The van der Waals surface area contributed by atoms with Gasteiger partial charge >= 0.3 is 0 Å². The molecule has 0 aliphatic carbocycles. The molecule has 26 heavy (non-hydrogen) atoms. The predicted molar refractivity (Wildman–Crippen MR) is 97.3 cm³/mol. The van der Waals surface area contributed by atoms with Gasteiger partial charge in [0.2, 0.25) is 0 Å². The molecule has 1 N–H and O–H groups in total. The number of aryl methyl sites for hydroxylation is 2. The largest absolute Gasteiger partial charge is 0.455 e. The number of furan rings is 1. The quantitative estimate of drug-likeness (QED) is 0.523. The second kappa shape index (κ2) is 8.14. The second-order valence-corrected chi connectivity index (χ2v) is 6.74. The maximum Gasteiger partial charge on any atom is 0.287 e. The first-order chi connectivity index (χ1) is 12.5. The van der Waals surface area contributed by atoms with Gasteiger partial charge in [0.05, 0.1) is 5.75 Å². The average molecular weight is 371 g/mol. The highest BCUT2D eigenvalue weighted by Gasteiger charge is 2.12. The van der Waals surface area contributed by atoms with Crippen LogP contribution in [0.3, 0.4) is 0 Å². The molecule has 0 unspecified atom stereocenters. The standard InChI is InChI=1S/C19H18FN3O2S/c1-12-8-13(2)23-19(22-12)26-11-16-6-7-17(25-16)18(24)21-10-14-4-3-5-15(20)9-14/h3-9H,10-11H2,1-2H3,(H,21,24). The number of benzene rings is 1. The summed E-state index contributed by atoms with van der Waals surface area (Å²) >= 11 is 1.45. The first kappa shape index (κ1) is 18.1. The first-order valence-corrected chi connectivity index (χ1v) is 9.04. The third-order valence-corrected chi connectivity index (χ3v) is 4.40. The number of nitrogens with zero attached hydrogens (tertiary/aromatic N) is 2. The number of rotatable bonds is 6. The van der Waals surface area contributed by atoms with Gasteiger partial charge in [-0.15, -0.1) is 0 Å². The zero-order chi connectivity index (χ0) is 18.5. The highest BCUT2D eigenvalue weighted by Crippen LogP contribution is 2.21. The molecule has 3 aromatic rings. The summed E-state index contributed by atoms with van der Waals surface area (Å²) in [5.41, 5.74) is 2.52. The fraction of sp³-hybridized carbons (Fsp3) is 0.211. The van der Waals surface area contributed by atoms with Gasteiger partial charge in [-0.25, -0.2) is 14.4 Å². The van der Waals surface area contributed by atoms with Crippen LogP contribution in [0, 0.1) is 19.7 Å². The maximum absolute atomic E-state index is 13.1. The van der Waals surface area contributed by atoms with E-state index in [2.05, 4.69) is 15.3 Å². The van der Waals surface area contributed by atoms with Crippen molar-refractivity contribution in [2.24, 2.45) is 0 Å². The molecular weight excluding hydrogens is 353 g/mol. The normalized spacial score (nSPS) is 10.7. The van der Waals surface area contributed by atoms with Crippen LogP contribution in [0.25, 0.3) is 0 Å². The van der Waals surface area contributed by atoms with Crippen LogP contribution in [0.4, 0.5) is 4.39 Å². The number of carbonyl (C=O) groups is 1. The summed E-state index contributed by atoms with van der Waals surface area (Å²) in [6.45, 7) is 4.08. The Labute approximate surface area is 155 Å². The van der Waals surface area contributed by atoms with Crippen LogP contribution in [0.15, 0.2) is 52.0 Å². The summed E-state index contributed by atoms with van der Waals surface area (Å²) in [6.07, 6.45) is 0. The van der Waals surface area contributed by atoms with Crippen molar-refractivity contribution >= 4 is 17.7 Å². The Morgan fingerprint density at radius 3 is 2.65 bits per heavy atom. The molecule has 5 nitrogen and oxygen atoms in total. The molecule has 0 bridgehead atoms. The smallest absolute Gasteiger partial charge is 0.287 e. The summed E-state index contributed by atoms with van der Waals surface area (Å²) in [5.74, 6) is 0.739. The zero-order valence-corrected chi connectivity index (χ0v) is 15.3. The number of thioether (sulfide) groups is 1. The highest BCUT2D eigenvalue weighted by molar-refractivity contribution is 7.98. The van der Waals surface area contributed by atoms with Crippen molar-refractivity contribution in [2.45, 2.75) is 31.3 Å². The van der Waals surface area contributed by atoms with Crippen molar-refractivity contribution in [3.8, 4) is 0 Å². The number of nitrogens with one attached hydrogen (secondary N) is 1. The van der Waals surface area contributed by atoms with Crippen LogP contribution in [0.1, 0.15) is 33.3 Å². The van der Waals surface area contributed by atoms with Gasteiger partial charge in [-0.05, 0) is 49.7 Å². The molecule has 1 amide bonds. The lowest BCUT2D eigenvalue weighted by Gasteiger charge is -2.04. The molecule has 0 aliphatic heterocycles. The zero-order valence-electron chi connectivity index (χ0n) is 14.5. The Bertz CT molecular complexity index is 906. The first-order valence-electron chi connectivity index (χ1n) is 8.06. The van der Waals surface area contributed by atoms with Crippen molar-refractivity contribution < 1.29 is 13.6 Å². The third-order valence-electron chi connectivity index (χ3n) is 3.53. The number of hydrogen-bond acceptors (Lipinski definition) is 5. The number of amides is 1. The van der Waals surface area contributed by atoms with Gasteiger partial charge < -0.3 is 9.73 Å². The van der Waals surface area contributed by atoms with Gasteiger partial charge in [-0.2, -0.15) is 0 Å². The SMILES string of the molecule is Cc1cc(C)nc(SCc2ccc(C(=O)NCc3cccc(F)c3)o2)n1. The van der Waals surface area contributed by atoms with E-state index in [0.29, 0.717) is 22.2 Å². The van der Waals surface area contributed by atoms with E-state index in [-0.39, 0.29) is 24.0 Å². The summed E-state index contributed by atoms with van der Waals surface area (Å²) < 4.78 is 18.7. The van der Waals surface area contributed by atoms with E-state index < -0.39 is 0 Å². The minimum atomic E-state index is -0.340. The molecule has 0 radical (unpaired) electrons. The van der Waals surface area contributed by atoms with E-state index in [1.54, 1.807) is 24.3 Å². The second-order valence-electron chi connectivity index (χ2n) is 5.80. The fourth-order valence-corrected chi connectivity index (χ4v) is 3.23. The monoisotopic (exact) mass is 371 g/mol. The molecule has 3 rings (SSSR count). The van der Waals surface area contributed by atoms with Crippen LogP contribution >= 0.6 is 11.8 Å². The fourth-order valence-electron chi connectivity index (χ4n) is 2.39. The topological polar surface area (TPSA) is 68.0 Å². The number of aromatic nitrogens is 2. The van der Waals surface area contributed by atoms with Crippen molar-refractivity contribution in [1.82, 2.24) is 15.3 Å². The van der Waals surface area contributed by atoms with Crippen LogP contribution in [-0.4, -0.2) is 15.9 Å². The lowest BCUT2D eigenvalue weighted by molar-refractivity contribution is 0.0921. The van der Waals surface area contributed by atoms with Crippen LogP contribution in [0.5, 0.6) is 0 Å². The van der Waals surface area contributed by atoms with E-state index >= 15 is 0 Å². The molecular formula is C19H18FN3O2S. The molecule has 0 aliphatic rings. The molecule has 2 heterocycles. The third kappa shape index (κ3) is 4.92. The van der Waals surface area contributed by atoms with Gasteiger partial charge in [0.1, 0.15) is 11.6 Å². The van der Waals surface area contributed by atoms with Gasteiger partial charge in [0, 0.05) is 17.9 Å². The summed E-state index contributed by atoms with van der Waals surface area (Å²) in [6, 6.07) is 11.4. The molecule has 0 atom stereocenters. The van der Waals surface area contributed by atoms with E-state index in [1.807, 2.05) is 19.9 Å². The Kier molecular flexibility index (Phi) is 5.68. The molecule has 0 fully saturated rings. The lowest BCUT2D eigenvalue weighted by atomic mass is 10.2. The van der Waals surface area contributed by atoms with Gasteiger partial charge in [0.25, 0.3) is 5.91 Å². The number of hydrogen-bond donors (Lipinski definition) is 1. The Balaban J connectivity index is 1.55. The van der Waals surface area contributed by atoms with Crippen molar-refractivity contribution in [3.05, 3.63) is 76.8 Å². The Morgan fingerprint density at radius 1 is 1.15 bits per heavy atom. The molecule has 0 saturated heterocycles. The lowest BCUT2D eigenvalue weighted by Crippen LogP contribution is -2.22. The Hall–Kier alpha value is -2.67. The molecule has 7 heteroatoms. The molecule has 0 saturated carbocycles. The van der Waals surface area contributed by atoms with Gasteiger partial charge in [0.15, 0.2) is 10.9 Å². The van der Waals surface area contributed by atoms with Crippen molar-refractivity contribution in [3.63, 3.8) is 0 Å². The van der Waals surface area contributed by atoms with Crippen LogP contribution in [0.2, 0.25) is 0 Å². The van der Waals surface area contributed by atoms with Gasteiger partial charge in [-0.1, -0.05) is 23.9 Å². The summed E-state index contributed by atoms with van der Waals surface area (Å²) in [7, 11) is 0. The van der Waals surface area contributed by atoms with E-state index in [9.17, 15) is 9.18 Å². The minimum Gasteiger partial charge on any atom is -0.455 e. The molecule has 0 spiro atoms. The van der Waals surface area contributed by atoms with Crippen LogP contribution in [-0.2, 0) is 12.3 Å². The number of halogens is 1. The van der Waals surface area contributed by atoms with E-state index in [0.717, 1.165) is 11.4 Å². The molecule has 1 aromatic carbocycles. The number of carbonyl (C=O) groups excluding carboxylic acids is 1. The van der Waals surface area contributed by atoms with E-state index in [4.69, 9.17) is 4.42 Å².